The number of sulfonamides is 1. The van der Waals surface area contributed by atoms with Gasteiger partial charge >= 0.3 is 5.97 Å². The van der Waals surface area contributed by atoms with Crippen molar-refractivity contribution in [3.05, 3.63) is 60.3 Å². The Labute approximate surface area is 169 Å². The molecule has 1 heterocycles. The van der Waals surface area contributed by atoms with Crippen molar-refractivity contribution in [3.63, 3.8) is 0 Å². The van der Waals surface area contributed by atoms with Gasteiger partial charge in [0.15, 0.2) is 5.76 Å². The number of hydrogen-bond acceptors (Lipinski definition) is 5. The largest absolute Gasteiger partial charge is 0.481 e. The fraction of sp³-hybridized carbons (Fsp3) is 0.238. The number of benzene rings is 2. The molecule has 0 atom stereocenters. The van der Waals surface area contributed by atoms with E-state index in [0.717, 1.165) is 29.7 Å². The van der Waals surface area contributed by atoms with E-state index in [4.69, 9.17) is 14.8 Å². The Bertz CT molecular complexity index is 1070. The van der Waals surface area contributed by atoms with Gasteiger partial charge in [-0.2, -0.15) is 0 Å². The fourth-order valence-corrected chi connectivity index (χ4v) is 3.65. The van der Waals surface area contributed by atoms with E-state index in [0.29, 0.717) is 24.2 Å². The number of aromatic nitrogens is 1. The second kappa shape index (κ2) is 9.02. The number of carboxylic acids is 1. The number of carboxylic acid groups (broad SMARTS) is 1. The standard InChI is InChI=1S/C21H22N2O5S/c22-29(26,27)17-13-11-16(12-14-17)21-20(15-7-3-1-4-8-15)18(23-28-21)9-5-2-6-10-19(24)25/h1,3-4,7-8,11-14H,2,5-6,9-10H2,(H,24,25)(H2,22,26,27). The van der Waals surface area contributed by atoms with Crippen LogP contribution in [0.4, 0.5) is 0 Å². The lowest BCUT2D eigenvalue weighted by atomic mass is 9.97. The topological polar surface area (TPSA) is 123 Å². The lowest BCUT2D eigenvalue weighted by molar-refractivity contribution is -0.137. The van der Waals surface area contributed by atoms with Crippen LogP contribution in [0.15, 0.2) is 64.0 Å². The molecule has 152 valence electrons. The smallest absolute Gasteiger partial charge is 0.303 e. The zero-order valence-electron chi connectivity index (χ0n) is 15.7. The zero-order chi connectivity index (χ0) is 20.9. The quantitative estimate of drug-likeness (QED) is 0.513. The molecular formula is C21H22N2O5S. The number of aliphatic carboxylic acids is 1. The minimum atomic E-state index is -3.77. The monoisotopic (exact) mass is 414 g/mol. The molecule has 0 spiro atoms. The molecule has 2 aromatic carbocycles. The van der Waals surface area contributed by atoms with Crippen molar-refractivity contribution >= 4 is 16.0 Å². The van der Waals surface area contributed by atoms with Crippen molar-refractivity contribution in [1.29, 1.82) is 0 Å². The summed E-state index contributed by atoms with van der Waals surface area (Å²) in [5, 5.41) is 18.2. The molecule has 3 N–H and O–H groups in total. The summed E-state index contributed by atoms with van der Waals surface area (Å²) in [6.45, 7) is 0. The number of hydrogen-bond donors (Lipinski definition) is 2. The van der Waals surface area contributed by atoms with Crippen LogP contribution >= 0.6 is 0 Å². The van der Waals surface area contributed by atoms with Crippen molar-refractivity contribution in [2.75, 3.05) is 0 Å². The predicted octanol–water partition coefficient (Wildman–Crippen LogP) is 3.84. The first-order chi connectivity index (χ1) is 13.9. The summed E-state index contributed by atoms with van der Waals surface area (Å²) >= 11 is 0. The Morgan fingerprint density at radius 2 is 1.66 bits per heavy atom. The molecule has 0 fully saturated rings. The van der Waals surface area contributed by atoms with Crippen molar-refractivity contribution < 1.29 is 22.8 Å². The van der Waals surface area contributed by atoms with Gasteiger partial charge in [-0.15, -0.1) is 0 Å². The van der Waals surface area contributed by atoms with Crippen LogP contribution in [0, 0.1) is 0 Å². The molecule has 29 heavy (non-hydrogen) atoms. The van der Waals surface area contributed by atoms with Crippen LogP contribution < -0.4 is 5.14 Å². The Morgan fingerprint density at radius 3 is 2.28 bits per heavy atom. The average Bonchev–Trinajstić information content (AvgIpc) is 3.11. The maximum Gasteiger partial charge on any atom is 0.303 e. The summed E-state index contributed by atoms with van der Waals surface area (Å²) in [4.78, 5) is 10.7. The molecule has 0 amide bonds. The summed E-state index contributed by atoms with van der Waals surface area (Å²) < 4.78 is 28.6. The number of aryl methyl sites for hydroxylation is 1. The highest BCUT2D eigenvalue weighted by Crippen LogP contribution is 2.36. The van der Waals surface area contributed by atoms with Crippen molar-refractivity contribution in [1.82, 2.24) is 5.16 Å². The number of carbonyl (C=O) groups is 1. The molecule has 3 rings (SSSR count). The molecule has 0 bridgehead atoms. The second-order valence-electron chi connectivity index (χ2n) is 6.72. The predicted molar refractivity (Wildman–Crippen MR) is 109 cm³/mol. The third kappa shape index (κ3) is 5.30. The van der Waals surface area contributed by atoms with Gasteiger partial charge in [0.1, 0.15) is 0 Å². The summed E-state index contributed by atoms with van der Waals surface area (Å²) in [6, 6.07) is 15.8. The van der Waals surface area contributed by atoms with Gasteiger partial charge < -0.3 is 9.63 Å². The van der Waals surface area contributed by atoms with Crippen LogP contribution in [-0.2, 0) is 21.2 Å². The number of unbranched alkanes of at least 4 members (excludes halogenated alkanes) is 2. The van der Waals surface area contributed by atoms with Crippen LogP contribution in [0.25, 0.3) is 22.5 Å². The molecule has 0 unspecified atom stereocenters. The Morgan fingerprint density at radius 1 is 0.966 bits per heavy atom. The van der Waals surface area contributed by atoms with Gasteiger partial charge in [-0.1, -0.05) is 41.9 Å². The van der Waals surface area contributed by atoms with E-state index >= 15 is 0 Å². The van der Waals surface area contributed by atoms with E-state index < -0.39 is 16.0 Å². The van der Waals surface area contributed by atoms with Crippen LogP contribution in [-0.4, -0.2) is 24.7 Å². The van der Waals surface area contributed by atoms with E-state index in [1.165, 1.54) is 12.1 Å². The van der Waals surface area contributed by atoms with Gasteiger partial charge in [0, 0.05) is 12.0 Å². The Balaban J connectivity index is 1.89. The molecule has 0 aliphatic carbocycles. The minimum absolute atomic E-state index is 0.0284. The highest BCUT2D eigenvalue weighted by Gasteiger charge is 2.19. The van der Waals surface area contributed by atoms with Crippen molar-refractivity contribution in [2.24, 2.45) is 5.14 Å². The normalized spacial score (nSPS) is 11.5. The molecule has 0 aliphatic rings. The third-order valence-corrected chi connectivity index (χ3v) is 5.50. The first kappa shape index (κ1) is 20.8. The molecule has 8 heteroatoms. The Hall–Kier alpha value is -2.97. The molecule has 0 aliphatic heterocycles. The lowest BCUT2D eigenvalue weighted by Gasteiger charge is -2.06. The van der Waals surface area contributed by atoms with Crippen LogP contribution in [0.2, 0.25) is 0 Å². The first-order valence-electron chi connectivity index (χ1n) is 9.25. The van der Waals surface area contributed by atoms with E-state index in [2.05, 4.69) is 5.16 Å². The molecule has 0 radical (unpaired) electrons. The van der Waals surface area contributed by atoms with Gasteiger partial charge in [0.2, 0.25) is 10.0 Å². The fourth-order valence-electron chi connectivity index (χ4n) is 3.13. The number of primary sulfonamides is 1. The lowest BCUT2D eigenvalue weighted by Crippen LogP contribution is -2.11. The minimum Gasteiger partial charge on any atom is -0.481 e. The highest BCUT2D eigenvalue weighted by molar-refractivity contribution is 7.89. The summed E-state index contributed by atoms with van der Waals surface area (Å²) in [5.74, 6) is -0.237. The maximum absolute atomic E-state index is 11.5. The third-order valence-electron chi connectivity index (χ3n) is 4.57. The summed E-state index contributed by atoms with van der Waals surface area (Å²) in [7, 11) is -3.77. The summed E-state index contributed by atoms with van der Waals surface area (Å²) in [5.41, 5.74) is 3.28. The van der Waals surface area contributed by atoms with Gasteiger partial charge in [-0.25, -0.2) is 13.6 Å². The van der Waals surface area contributed by atoms with Crippen LogP contribution in [0.3, 0.4) is 0 Å². The molecular weight excluding hydrogens is 392 g/mol. The number of nitrogens with two attached hydrogens (primary N) is 1. The van der Waals surface area contributed by atoms with E-state index in [9.17, 15) is 13.2 Å². The highest BCUT2D eigenvalue weighted by atomic mass is 32.2. The molecule has 1 aromatic heterocycles. The van der Waals surface area contributed by atoms with Gasteiger partial charge in [-0.3, -0.25) is 4.79 Å². The number of rotatable bonds is 9. The Kier molecular flexibility index (Phi) is 6.46. The first-order valence-corrected chi connectivity index (χ1v) is 10.8. The maximum atomic E-state index is 11.5. The van der Waals surface area contributed by atoms with Gasteiger partial charge in [0.05, 0.1) is 16.2 Å². The molecule has 0 saturated heterocycles. The van der Waals surface area contributed by atoms with E-state index in [-0.39, 0.29) is 11.3 Å². The van der Waals surface area contributed by atoms with Gasteiger partial charge in [0.25, 0.3) is 0 Å². The molecule has 7 nitrogen and oxygen atoms in total. The second-order valence-corrected chi connectivity index (χ2v) is 8.28. The van der Waals surface area contributed by atoms with Crippen molar-refractivity contribution in [3.8, 4) is 22.5 Å². The van der Waals surface area contributed by atoms with E-state index in [1.807, 2.05) is 30.3 Å². The van der Waals surface area contributed by atoms with E-state index in [1.54, 1.807) is 12.1 Å². The van der Waals surface area contributed by atoms with Gasteiger partial charge in [-0.05, 0) is 49.1 Å². The zero-order valence-corrected chi connectivity index (χ0v) is 16.6. The average molecular weight is 414 g/mol. The van der Waals surface area contributed by atoms with Crippen LogP contribution in [0.5, 0.6) is 0 Å². The van der Waals surface area contributed by atoms with Crippen LogP contribution in [0.1, 0.15) is 31.4 Å². The molecule has 3 aromatic rings. The molecule has 0 saturated carbocycles. The summed E-state index contributed by atoms with van der Waals surface area (Å²) in [6.07, 6.45) is 3.01. The number of nitrogens with zero attached hydrogens (tertiary/aromatic N) is 1. The van der Waals surface area contributed by atoms with Crippen molar-refractivity contribution in [2.45, 2.75) is 37.0 Å². The SMILES string of the molecule is NS(=O)(=O)c1ccc(-c2onc(CCCCCC(=O)O)c2-c2ccccc2)cc1.